The molecule has 1 fully saturated rings. The quantitative estimate of drug-likeness (QED) is 0.637. The third-order valence-electron chi connectivity index (χ3n) is 5.72. The van der Waals surface area contributed by atoms with Crippen molar-refractivity contribution in [3.8, 4) is 5.75 Å². The highest BCUT2D eigenvalue weighted by molar-refractivity contribution is 5.96. The minimum Gasteiger partial charge on any atom is -0.496 e. The lowest BCUT2D eigenvalue weighted by atomic mass is 10.1. The molecule has 4 rings (SSSR count). The molecule has 0 aliphatic carbocycles. The van der Waals surface area contributed by atoms with E-state index >= 15 is 0 Å². The number of carbonyl (C=O) groups excluding carboxylic acids is 2. The summed E-state index contributed by atoms with van der Waals surface area (Å²) < 4.78 is 7.26. The molecule has 0 atom stereocenters. The second kappa shape index (κ2) is 9.64. The molecule has 1 N–H and O–H groups in total. The van der Waals surface area contributed by atoms with Crippen LogP contribution in [0.15, 0.2) is 48.5 Å². The van der Waals surface area contributed by atoms with Crippen LogP contribution >= 0.6 is 0 Å². The van der Waals surface area contributed by atoms with Gasteiger partial charge in [-0.05, 0) is 43.5 Å². The number of aromatic nitrogens is 2. The molecule has 1 aliphatic heterocycles. The molecule has 7 heteroatoms. The Morgan fingerprint density at radius 2 is 1.77 bits per heavy atom. The second-order valence-electron chi connectivity index (χ2n) is 7.75. The third kappa shape index (κ3) is 4.71. The zero-order valence-electron chi connectivity index (χ0n) is 17.8. The maximum absolute atomic E-state index is 12.9. The Kier molecular flexibility index (Phi) is 6.50. The van der Waals surface area contributed by atoms with Crippen molar-refractivity contribution in [2.24, 2.45) is 0 Å². The van der Waals surface area contributed by atoms with Gasteiger partial charge in [0.05, 0.1) is 23.7 Å². The zero-order valence-corrected chi connectivity index (χ0v) is 17.8. The van der Waals surface area contributed by atoms with E-state index in [1.165, 1.54) is 6.42 Å². The second-order valence-corrected chi connectivity index (χ2v) is 7.75. The van der Waals surface area contributed by atoms with Gasteiger partial charge in [0, 0.05) is 26.1 Å². The van der Waals surface area contributed by atoms with E-state index in [1.807, 2.05) is 45.9 Å². The molecule has 0 spiro atoms. The first kappa shape index (κ1) is 20.9. The monoisotopic (exact) mass is 420 g/mol. The summed E-state index contributed by atoms with van der Waals surface area (Å²) in [5.74, 6) is 1.28. The molecule has 1 aromatic heterocycles. The zero-order chi connectivity index (χ0) is 21.6. The van der Waals surface area contributed by atoms with Gasteiger partial charge in [-0.15, -0.1) is 0 Å². The number of methoxy groups -OCH3 is 1. The molecule has 31 heavy (non-hydrogen) atoms. The average molecular weight is 421 g/mol. The van der Waals surface area contributed by atoms with Crippen LogP contribution in [0.5, 0.6) is 5.75 Å². The van der Waals surface area contributed by atoms with Gasteiger partial charge in [-0.25, -0.2) is 4.98 Å². The Balaban J connectivity index is 1.47. The van der Waals surface area contributed by atoms with E-state index in [9.17, 15) is 9.59 Å². The number of fused-ring (bicyclic) bond motifs is 1. The van der Waals surface area contributed by atoms with Crippen molar-refractivity contribution in [2.45, 2.75) is 32.2 Å². The van der Waals surface area contributed by atoms with Crippen LogP contribution in [0.3, 0.4) is 0 Å². The van der Waals surface area contributed by atoms with Crippen LogP contribution in [0.1, 0.15) is 35.4 Å². The van der Waals surface area contributed by atoms with Gasteiger partial charge >= 0.3 is 0 Å². The smallest absolute Gasteiger partial charge is 0.255 e. The molecule has 0 saturated carbocycles. The summed E-state index contributed by atoms with van der Waals surface area (Å²) in [5, 5.41) is 2.94. The summed E-state index contributed by atoms with van der Waals surface area (Å²) in [5.41, 5.74) is 2.30. The van der Waals surface area contributed by atoms with Crippen LogP contribution in [0.4, 0.5) is 0 Å². The van der Waals surface area contributed by atoms with Gasteiger partial charge in [0.1, 0.15) is 18.1 Å². The lowest BCUT2D eigenvalue weighted by Crippen LogP contribution is -2.38. The molecule has 7 nitrogen and oxygen atoms in total. The molecule has 0 unspecified atom stereocenters. The van der Waals surface area contributed by atoms with Gasteiger partial charge in [-0.3, -0.25) is 9.59 Å². The fourth-order valence-electron chi connectivity index (χ4n) is 4.09. The van der Waals surface area contributed by atoms with Gasteiger partial charge < -0.3 is 19.5 Å². The molecule has 2 aromatic carbocycles. The van der Waals surface area contributed by atoms with Crippen LogP contribution in [0, 0.1) is 0 Å². The molecule has 0 radical (unpaired) electrons. The number of amides is 2. The van der Waals surface area contributed by atoms with Gasteiger partial charge in [0.25, 0.3) is 5.91 Å². The summed E-state index contributed by atoms with van der Waals surface area (Å²) in [6.07, 6.45) is 3.86. The Hall–Kier alpha value is -3.35. The van der Waals surface area contributed by atoms with E-state index in [0.717, 1.165) is 42.8 Å². The summed E-state index contributed by atoms with van der Waals surface area (Å²) in [7, 11) is 1.55. The Bertz CT molecular complexity index is 1070. The van der Waals surface area contributed by atoms with Crippen LogP contribution in [-0.4, -0.2) is 53.0 Å². The molecule has 1 aliphatic rings. The lowest BCUT2D eigenvalue weighted by Gasteiger charge is -2.27. The molecule has 162 valence electrons. The number of imidazole rings is 1. The van der Waals surface area contributed by atoms with E-state index in [-0.39, 0.29) is 18.4 Å². The Morgan fingerprint density at radius 3 is 2.58 bits per heavy atom. The van der Waals surface area contributed by atoms with Crippen molar-refractivity contribution in [1.82, 2.24) is 19.8 Å². The molecular weight excluding hydrogens is 392 g/mol. The molecule has 2 heterocycles. The van der Waals surface area contributed by atoms with Crippen molar-refractivity contribution in [3.05, 3.63) is 59.9 Å². The van der Waals surface area contributed by atoms with E-state index in [0.29, 0.717) is 24.3 Å². The Labute approximate surface area is 182 Å². The van der Waals surface area contributed by atoms with E-state index in [1.54, 1.807) is 19.2 Å². The van der Waals surface area contributed by atoms with Crippen molar-refractivity contribution in [1.29, 1.82) is 0 Å². The molecule has 1 saturated heterocycles. The Morgan fingerprint density at radius 1 is 1.03 bits per heavy atom. The standard InChI is InChI=1S/C24H28N4O3/c1-31-21-12-6-3-9-18(21)24(30)25-14-13-22-26-19-10-4-5-11-20(19)28(22)17-23(29)27-15-7-2-8-16-27/h3-6,9-12H,2,7-8,13-17H2,1H3,(H,25,30). The largest absolute Gasteiger partial charge is 0.496 e. The van der Waals surface area contributed by atoms with Crippen LogP contribution in [0.2, 0.25) is 0 Å². The maximum Gasteiger partial charge on any atom is 0.255 e. The summed E-state index contributed by atoms with van der Waals surface area (Å²) in [6, 6.07) is 15.0. The number of carbonyl (C=O) groups is 2. The summed E-state index contributed by atoms with van der Waals surface area (Å²) >= 11 is 0. The van der Waals surface area contributed by atoms with Gasteiger partial charge in [-0.1, -0.05) is 24.3 Å². The number of benzene rings is 2. The average Bonchev–Trinajstić information content (AvgIpc) is 3.16. The van der Waals surface area contributed by atoms with Crippen molar-refractivity contribution in [3.63, 3.8) is 0 Å². The van der Waals surface area contributed by atoms with Gasteiger partial charge in [0.15, 0.2) is 0 Å². The van der Waals surface area contributed by atoms with Gasteiger partial charge in [-0.2, -0.15) is 0 Å². The van der Waals surface area contributed by atoms with Crippen LogP contribution in [-0.2, 0) is 17.8 Å². The van der Waals surface area contributed by atoms with E-state index < -0.39 is 0 Å². The molecule has 3 aromatic rings. The topological polar surface area (TPSA) is 76.5 Å². The predicted molar refractivity (Wildman–Crippen MR) is 119 cm³/mol. The lowest BCUT2D eigenvalue weighted by molar-refractivity contribution is -0.132. The minimum absolute atomic E-state index is 0.127. The number of rotatable bonds is 7. The van der Waals surface area contributed by atoms with Gasteiger partial charge in [0.2, 0.25) is 5.91 Å². The number of piperidine rings is 1. The normalized spacial score (nSPS) is 13.9. The van der Waals surface area contributed by atoms with Crippen LogP contribution in [0.25, 0.3) is 11.0 Å². The van der Waals surface area contributed by atoms with E-state index in [4.69, 9.17) is 9.72 Å². The SMILES string of the molecule is COc1ccccc1C(=O)NCCc1nc2ccccc2n1CC(=O)N1CCCCC1. The maximum atomic E-state index is 12.9. The highest BCUT2D eigenvalue weighted by Crippen LogP contribution is 2.19. The number of hydrogen-bond acceptors (Lipinski definition) is 4. The fraction of sp³-hybridized carbons (Fsp3) is 0.375. The van der Waals surface area contributed by atoms with Crippen molar-refractivity contribution < 1.29 is 14.3 Å². The number of nitrogens with one attached hydrogen (secondary N) is 1. The van der Waals surface area contributed by atoms with Crippen molar-refractivity contribution >= 4 is 22.8 Å². The fourth-order valence-corrected chi connectivity index (χ4v) is 4.09. The van der Waals surface area contributed by atoms with E-state index in [2.05, 4.69) is 5.32 Å². The third-order valence-corrected chi connectivity index (χ3v) is 5.72. The summed E-state index contributed by atoms with van der Waals surface area (Å²) in [6.45, 7) is 2.35. The first-order chi connectivity index (χ1) is 15.2. The number of likely N-dealkylation sites (tertiary alicyclic amines) is 1. The highest BCUT2D eigenvalue weighted by Gasteiger charge is 2.20. The highest BCUT2D eigenvalue weighted by atomic mass is 16.5. The minimum atomic E-state index is -0.190. The summed E-state index contributed by atoms with van der Waals surface area (Å²) in [4.78, 5) is 32.1. The number of nitrogens with zero attached hydrogens (tertiary/aromatic N) is 3. The first-order valence-corrected chi connectivity index (χ1v) is 10.8. The molecule has 0 bridgehead atoms. The predicted octanol–water partition coefficient (Wildman–Crippen LogP) is 3.03. The molecular formula is C24H28N4O3. The number of para-hydroxylation sites is 3. The number of ether oxygens (including phenoxy) is 1. The number of hydrogen-bond donors (Lipinski definition) is 1. The van der Waals surface area contributed by atoms with Crippen molar-refractivity contribution in [2.75, 3.05) is 26.7 Å². The van der Waals surface area contributed by atoms with Crippen LogP contribution < -0.4 is 10.1 Å². The molecule has 2 amide bonds. The first-order valence-electron chi connectivity index (χ1n) is 10.8.